The van der Waals surface area contributed by atoms with Gasteiger partial charge in [-0.3, -0.25) is 9.59 Å². The second kappa shape index (κ2) is 9.73. The number of benzene rings is 2. The first kappa shape index (κ1) is 22.0. The largest absolute Gasteiger partial charge is 0.483 e. The van der Waals surface area contributed by atoms with Crippen molar-refractivity contribution >= 4 is 39.1 Å². The highest BCUT2D eigenvalue weighted by molar-refractivity contribution is 9.10. The van der Waals surface area contributed by atoms with Crippen molar-refractivity contribution in [2.45, 2.75) is 46.0 Å². The van der Waals surface area contributed by atoms with Gasteiger partial charge in [-0.2, -0.15) is 0 Å². The molecule has 0 aliphatic rings. The Labute approximate surface area is 175 Å². The van der Waals surface area contributed by atoms with E-state index in [1.807, 2.05) is 25.1 Å². The van der Waals surface area contributed by atoms with E-state index >= 15 is 0 Å². The highest BCUT2D eigenvalue weighted by atomic mass is 79.9. The number of rotatable bonds is 7. The quantitative estimate of drug-likeness (QED) is 0.589. The van der Waals surface area contributed by atoms with Crippen LogP contribution < -0.4 is 15.4 Å². The molecule has 0 saturated heterocycles. The van der Waals surface area contributed by atoms with Gasteiger partial charge in [0, 0.05) is 17.8 Å². The van der Waals surface area contributed by atoms with E-state index in [0.717, 1.165) is 10.9 Å². The molecule has 0 aromatic heterocycles. The van der Waals surface area contributed by atoms with E-state index in [-0.39, 0.29) is 23.8 Å². The summed E-state index contributed by atoms with van der Waals surface area (Å²) in [5.74, 6) is 0.297. The van der Waals surface area contributed by atoms with E-state index in [1.165, 1.54) is 5.56 Å². The van der Waals surface area contributed by atoms with Crippen LogP contribution in [-0.2, 0) is 15.0 Å². The van der Waals surface area contributed by atoms with E-state index in [0.29, 0.717) is 23.5 Å². The van der Waals surface area contributed by atoms with Crippen molar-refractivity contribution in [2.24, 2.45) is 0 Å². The van der Waals surface area contributed by atoms with Gasteiger partial charge >= 0.3 is 0 Å². The average molecular weight is 447 g/mol. The minimum absolute atomic E-state index is 0.0377. The molecule has 2 N–H and O–H groups in total. The Morgan fingerprint density at radius 1 is 1.00 bits per heavy atom. The molecule has 28 heavy (non-hydrogen) atoms. The molecule has 0 saturated carbocycles. The molecule has 2 rings (SSSR count). The number of carbonyl (C=O) groups is 2. The number of ether oxygens (including phenoxy) is 1. The zero-order chi connectivity index (χ0) is 20.7. The van der Waals surface area contributed by atoms with Crippen molar-refractivity contribution in [3.63, 3.8) is 0 Å². The fourth-order valence-electron chi connectivity index (χ4n) is 2.55. The number of halogens is 1. The molecule has 0 bridgehead atoms. The Morgan fingerprint density at radius 2 is 1.64 bits per heavy atom. The van der Waals surface area contributed by atoms with Crippen LogP contribution in [-0.4, -0.2) is 18.4 Å². The van der Waals surface area contributed by atoms with Gasteiger partial charge in [0.1, 0.15) is 5.75 Å². The molecular formula is C22H27BrN2O3. The second-order valence-electron chi connectivity index (χ2n) is 7.61. The van der Waals surface area contributed by atoms with Crippen molar-refractivity contribution in [2.75, 3.05) is 17.2 Å². The third-order valence-electron chi connectivity index (χ3n) is 4.06. The third kappa shape index (κ3) is 6.68. The lowest BCUT2D eigenvalue weighted by Gasteiger charge is -2.20. The lowest BCUT2D eigenvalue weighted by molar-refractivity contribution is -0.118. The minimum Gasteiger partial charge on any atom is -0.483 e. The molecule has 2 amide bonds. The molecule has 2 aromatic rings. The van der Waals surface area contributed by atoms with Gasteiger partial charge in [-0.15, -0.1) is 0 Å². The number of hydrogen-bond acceptors (Lipinski definition) is 3. The first-order valence-corrected chi connectivity index (χ1v) is 10.1. The maximum Gasteiger partial charge on any atom is 0.262 e. The van der Waals surface area contributed by atoms with Crippen molar-refractivity contribution in [1.29, 1.82) is 0 Å². The Morgan fingerprint density at radius 3 is 2.21 bits per heavy atom. The van der Waals surface area contributed by atoms with E-state index in [2.05, 4.69) is 47.3 Å². The first-order valence-electron chi connectivity index (χ1n) is 9.31. The predicted molar refractivity (Wildman–Crippen MR) is 117 cm³/mol. The first-order chi connectivity index (χ1) is 13.2. The van der Waals surface area contributed by atoms with Gasteiger partial charge in [0.2, 0.25) is 5.91 Å². The lowest BCUT2D eigenvalue weighted by Crippen LogP contribution is -2.20. The summed E-state index contributed by atoms with van der Waals surface area (Å²) < 4.78 is 6.45. The van der Waals surface area contributed by atoms with Crippen LogP contribution in [0.4, 0.5) is 11.4 Å². The lowest BCUT2D eigenvalue weighted by atomic mass is 9.87. The fraction of sp³-hybridized carbons (Fsp3) is 0.364. The molecule has 2 aromatic carbocycles. The molecule has 0 aliphatic heterocycles. The molecule has 0 unspecified atom stereocenters. The highest BCUT2D eigenvalue weighted by Gasteiger charge is 2.15. The number of nitrogens with one attached hydrogen (secondary N) is 2. The molecule has 0 heterocycles. The van der Waals surface area contributed by atoms with Crippen LogP contribution in [0.2, 0.25) is 0 Å². The average Bonchev–Trinajstić information content (AvgIpc) is 2.60. The summed E-state index contributed by atoms with van der Waals surface area (Å²) in [6, 6.07) is 12.9. The van der Waals surface area contributed by atoms with Crippen LogP contribution in [0.3, 0.4) is 0 Å². The number of carbonyl (C=O) groups excluding carboxylic acids is 2. The van der Waals surface area contributed by atoms with E-state index < -0.39 is 0 Å². The van der Waals surface area contributed by atoms with Gasteiger partial charge in [-0.25, -0.2) is 0 Å². The van der Waals surface area contributed by atoms with Crippen molar-refractivity contribution in [3.05, 3.63) is 52.5 Å². The van der Waals surface area contributed by atoms with Gasteiger partial charge in [0.15, 0.2) is 6.61 Å². The molecule has 150 valence electrons. The SMILES string of the molecule is CCCC(=O)Nc1cccc(NC(=O)COc2ccc(C(C)(C)C)cc2Br)c1. The molecule has 6 heteroatoms. The smallest absolute Gasteiger partial charge is 0.262 e. The van der Waals surface area contributed by atoms with Crippen LogP contribution in [0.1, 0.15) is 46.1 Å². The minimum atomic E-state index is -0.274. The van der Waals surface area contributed by atoms with E-state index in [9.17, 15) is 9.59 Å². The maximum absolute atomic E-state index is 12.2. The standard InChI is InChI=1S/C22H27BrN2O3/c1-5-7-20(26)24-16-8-6-9-17(13-16)25-21(27)14-28-19-11-10-15(12-18(19)23)22(2,3)4/h6,8-13H,5,7,14H2,1-4H3,(H,24,26)(H,25,27). The topological polar surface area (TPSA) is 67.4 Å². The van der Waals surface area contributed by atoms with Crippen molar-refractivity contribution in [3.8, 4) is 5.75 Å². The summed E-state index contributed by atoms with van der Waals surface area (Å²) in [6.07, 6.45) is 1.25. The monoisotopic (exact) mass is 446 g/mol. The van der Waals surface area contributed by atoms with Gasteiger partial charge < -0.3 is 15.4 Å². The summed E-state index contributed by atoms with van der Waals surface area (Å²) in [5.41, 5.74) is 2.47. The molecule has 0 fully saturated rings. The van der Waals surface area contributed by atoms with Crippen LogP contribution in [0.5, 0.6) is 5.75 Å². The van der Waals surface area contributed by atoms with E-state index in [4.69, 9.17) is 4.74 Å². The number of amides is 2. The molecule has 0 radical (unpaired) electrons. The maximum atomic E-state index is 12.2. The summed E-state index contributed by atoms with van der Waals surface area (Å²) in [5, 5.41) is 5.59. The van der Waals surface area contributed by atoms with Gasteiger partial charge in [0.05, 0.1) is 4.47 Å². The van der Waals surface area contributed by atoms with Crippen LogP contribution in [0, 0.1) is 0 Å². The summed E-state index contributed by atoms with van der Waals surface area (Å²) in [6.45, 7) is 8.26. The summed E-state index contributed by atoms with van der Waals surface area (Å²) >= 11 is 3.50. The number of hydrogen-bond donors (Lipinski definition) is 2. The summed E-state index contributed by atoms with van der Waals surface area (Å²) in [4.78, 5) is 23.9. The second-order valence-corrected chi connectivity index (χ2v) is 8.47. The normalized spacial score (nSPS) is 11.0. The Bertz CT molecular complexity index is 844. The Hall–Kier alpha value is -2.34. The molecule has 5 nitrogen and oxygen atoms in total. The zero-order valence-corrected chi connectivity index (χ0v) is 18.4. The van der Waals surface area contributed by atoms with Crippen molar-refractivity contribution in [1.82, 2.24) is 0 Å². The number of anilines is 2. The van der Waals surface area contributed by atoms with Crippen LogP contribution in [0.15, 0.2) is 46.9 Å². The molecular weight excluding hydrogens is 420 g/mol. The van der Waals surface area contributed by atoms with Crippen LogP contribution >= 0.6 is 15.9 Å². The highest BCUT2D eigenvalue weighted by Crippen LogP contribution is 2.31. The van der Waals surface area contributed by atoms with Gasteiger partial charge in [-0.1, -0.05) is 39.8 Å². The summed E-state index contributed by atoms with van der Waals surface area (Å²) in [7, 11) is 0. The Balaban J connectivity index is 1.93. The Kier molecular flexibility index (Phi) is 7.63. The molecule has 0 aliphatic carbocycles. The third-order valence-corrected chi connectivity index (χ3v) is 4.68. The fourth-order valence-corrected chi connectivity index (χ4v) is 3.04. The zero-order valence-electron chi connectivity index (χ0n) is 16.8. The molecule has 0 atom stereocenters. The van der Waals surface area contributed by atoms with E-state index in [1.54, 1.807) is 24.3 Å². The predicted octanol–water partition coefficient (Wildman–Crippen LogP) is 5.50. The molecule has 0 spiro atoms. The van der Waals surface area contributed by atoms with Crippen LogP contribution in [0.25, 0.3) is 0 Å². The van der Waals surface area contributed by atoms with Gasteiger partial charge in [-0.05, 0) is 63.7 Å². The van der Waals surface area contributed by atoms with Crippen molar-refractivity contribution < 1.29 is 14.3 Å². The van der Waals surface area contributed by atoms with Gasteiger partial charge in [0.25, 0.3) is 5.91 Å².